The van der Waals surface area contributed by atoms with E-state index >= 15 is 0 Å². The van der Waals surface area contributed by atoms with E-state index < -0.39 is 0 Å². The number of hydrogen-bond donors (Lipinski definition) is 2. The van der Waals surface area contributed by atoms with Crippen LogP contribution in [0.3, 0.4) is 0 Å². The number of nitrogens with zero attached hydrogens (tertiary/aromatic N) is 4. The number of benzene rings is 1. The number of hydrogen-bond acceptors (Lipinski definition) is 6. The minimum atomic E-state index is -0.358. The van der Waals surface area contributed by atoms with Crippen LogP contribution in [0.5, 0.6) is 0 Å². The van der Waals surface area contributed by atoms with Crippen molar-refractivity contribution in [3.05, 3.63) is 48.3 Å². The third kappa shape index (κ3) is 2.24. The van der Waals surface area contributed by atoms with Crippen LogP contribution in [0.1, 0.15) is 10.4 Å². The van der Waals surface area contributed by atoms with E-state index in [-0.39, 0.29) is 17.7 Å². The zero-order valence-electron chi connectivity index (χ0n) is 10.3. The quantitative estimate of drug-likeness (QED) is 0.723. The maximum Gasteiger partial charge on any atom is 0.258 e. The summed E-state index contributed by atoms with van der Waals surface area (Å²) in [6.07, 6.45) is 2.87. The summed E-state index contributed by atoms with van der Waals surface area (Å²) in [5, 5.41) is 10.6. The number of nitrogen functional groups attached to an aromatic ring is 1. The van der Waals surface area contributed by atoms with Gasteiger partial charge in [0.1, 0.15) is 5.82 Å². The Bertz CT molecular complexity index is 774. The maximum atomic E-state index is 12.3. The molecule has 7 nitrogen and oxygen atoms in total. The highest BCUT2D eigenvalue weighted by Gasteiger charge is 2.13. The molecule has 20 heavy (non-hydrogen) atoms. The second-order valence-corrected chi connectivity index (χ2v) is 4.03. The van der Waals surface area contributed by atoms with Gasteiger partial charge in [-0.05, 0) is 12.1 Å². The van der Waals surface area contributed by atoms with Crippen molar-refractivity contribution in [1.82, 2.24) is 20.2 Å². The fourth-order valence-electron chi connectivity index (χ4n) is 1.86. The van der Waals surface area contributed by atoms with Gasteiger partial charge in [-0.3, -0.25) is 10.1 Å². The largest absolute Gasteiger partial charge is 0.384 e. The second kappa shape index (κ2) is 4.88. The molecule has 0 spiro atoms. The molecule has 0 fully saturated rings. The summed E-state index contributed by atoms with van der Waals surface area (Å²) in [7, 11) is 0. The Morgan fingerprint density at radius 3 is 2.85 bits per heavy atom. The molecule has 0 unspecified atom stereocenters. The number of pyridine rings is 1. The summed E-state index contributed by atoms with van der Waals surface area (Å²) in [4.78, 5) is 20.4. The Kier molecular flexibility index (Phi) is 2.92. The van der Waals surface area contributed by atoms with Crippen molar-refractivity contribution >= 4 is 28.6 Å². The predicted molar refractivity (Wildman–Crippen MR) is 73.9 cm³/mol. The van der Waals surface area contributed by atoms with E-state index in [1.165, 1.54) is 18.5 Å². The van der Waals surface area contributed by atoms with E-state index in [0.29, 0.717) is 16.5 Å². The summed E-state index contributed by atoms with van der Waals surface area (Å²) >= 11 is 0. The van der Waals surface area contributed by atoms with E-state index in [2.05, 4.69) is 25.5 Å². The number of carbonyl (C=O) groups is 1. The van der Waals surface area contributed by atoms with Gasteiger partial charge >= 0.3 is 0 Å². The molecule has 2 aromatic heterocycles. The lowest BCUT2D eigenvalue weighted by molar-refractivity contribution is 0.102. The van der Waals surface area contributed by atoms with Crippen LogP contribution in [-0.2, 0) is 0 Å². The molecule has 0 saturated carbocycles. The predicted octanol–water partition coefficient (Wildman–Crippen LogP) is 1.25. The molecule has 2 heterocycles. The average Bonchev–Trinajstić information content (AvgIpc) is 2.47. The lowest BCUT2D eigenvalue weighted by atomic mass is 10.1. The van der Waals surface area contributed by atoms with Gasteiger partial charge in [0, 0.05) is 5.39 Å². The number of rotatable bonds is 2. The van der Waals surface area contributed by atoms with Crippen LogP contribution in [0.25, 0.3) is 10.9 Å². The van der Waals surface area contributed by atoms with Crippen molar-refractivity contribution in [1.29, 1.82) is 0 Å². The first-order valence-corrected chi connectivity index (χ1v) is 5.84. The molecule has 3 rings (SSSR count). The van der Waals surface area contributed by atoms with Crippen LogP contribution < -0.4 is 11.1 Å². The minimum absolute atomic E-state index is 0.136. The van der Waals surface area contributed by atoms with Gasteiger partial charge in [0.2, 0.25) is 5.95 Å². The number of fused-ring (bicyclic) bond motifs is 1. The molecule has 0 aliphatic rings. The number of nitrogens with one attached hydrogen (secondary N) is 1. The lowest BCUT2D eigenvalue weighted by Gasteiger charge is -2.07. The highest BCUT2D eigenvalue weighted by Crippen LogP contribution is 2.20. The highest BCUT2D eigenvalue weighted by atomic mass is 16.1. The Balaban J connectivity index is 2.03. The van der Waals surface area contributed by atoms with Gasteiger partial charge in [0.15, 0.2) is 0 Å². The van der Waals surface area contributed by atoms with Gasteiger partial charge in [-0.25, -0.2) is 9.97 Å². The van der Waals surface area contributed by atoms with E-state index in [1.54, 1.807) is 12.1 Å². The van der Waals surface area contributed by atoms with Crippen LogP contribution in [0, 0.1) is 0 Å². The number of nitrogens with two attached hydrogens (primary N) is 1. The Labute approximate surface area is 113 Å². The molecule has 3 aromatic rings. The number of para-hydroxylation sites is 1. The molecule has 0 saturated heterocycles. The summed E-state index contributed by atoms with van der Waals surface area (Å²) in [6, 6.07) is 8.79. The molecule has 7 heteroatoms. The normalized spacial score (nSPS) is 10.4. The van der Waals surface area contributed by atoms with Crippen molar-refractivity contribution in [2.75, 3.05) is 11.1 Å². The third-order valence-electron chi connectivity index (χ3n) is 2.69. The monoisotopic (exact) mass is 266 g/mol. The van der Waals surface area contributed by atoms with Crippen molar-refractivity contribution in [3.63, 3.8) is 0 Å². The topological polar surface area (TPSA) is 107 Å². The number of aromatic nitrogens is 4. The summed E-state index contributed by atoms with van der Waals surface area (Å²) < 4.78 is 0. The van der Waals surface area contributed by atoms with Crippen LogP contribution in [0.15, 0.2) is 42.7 Å². The molecule has 0 bridgehead atoms. The molecule has 0 atom stereocenters. The Morgan fingerprint density at radius 1 is 1.20 bits per heavy atom. The molecule has 3 N–H and O–H groups in total. The minimum Gasteiger partial charge on any atom is -0.384 e. The summed E-state index contributed by atoms with van der Waals surface area (Å²) in [5.41, 5.74) is 6.80. The summed E-state index contributed by atoms with van der Waals surface area (Å²) in [5.74, 6) is 0.0567. The zero-order chi connectivity index (χ0) is 13.9. The molecule has 0 aliphatic carbocycles. The SMILES string of the molecule is Nc1cc(C(=O)Nc2nccnn2)c2ccccc2n1. The maximum absolute atomic E-state index is 12.3. The Hall–Kier alpha value is -3.09. The van der Waals surface area contributed by atoms with Gasteiger partial charge in [-0.1, -0.05) is 18.2 Å². The van der Waals surface area contributed by atoms with E-state index in [9.17, 15) is 4.79 Å². The van der Waals surface area contributed by atoms with E-state index in [1.807, 2.05) is 12.1 Å². The highest BCUT2D eigenvalue weighted by molar-refractivity contribution is 6.12. The number of carbonyl (C=O) groups excluding carboxylic acids is 1. The van der Waals surface area contributed by atoms with Gasteiger partial charge in [0.25, 0.3) is 5.91 Å². The fourth-order valence-corrected chi connectivity index (χ4v) is 1.86. The third-order valence-corrected chi connectivity index (χ3v) is 2.69. The average molecular weight is 266 g/mol. The van der Waals surface area contributed by atoms with Crippen LogP contribution in [0.2, 0.25) is 0 Å². The smallest absolute Gasteiger partial charge is 0.258 e. The molecule has 0 radical (unpaired) electrons. The molecular formula is C13H10N6O. The molecular weight excluding hydrogens is 256 g/mol. The summed E-state index contributed by atoms with van der Waals surface area (Å²) in [6.45, 7) is 0. The molecule has 0 aliphatic heterocycles. The van der Waals surface area contributed by atoms with Crippen molar-refractivity contribution in [2.45, 2.75) is 0 Å². The van der Waals surface area contributed by atoms with Crippen LogP contribution in [0.4, 0.5) is 11.8 Å². The first-order valence-electron chi connectivity index (χ1n) is 5.84. The number of anilines is 2. The molecule has 1 amide bonds. The second-order valence-electron chi connectivity index (χ2n) is 4.03. The van der Waals surface area contributed by atoms with E-state index in [0.717, 1.165) is 0 Å². The van der Waals surface area contributed by atoms with E-state index in [4.69, 9.17) is 5.73 Å². The van der Waals surface area contributed by atoms with Gasteiger partial charge < -0.3 is 5.73 Å². The lowest BCUT2D eigenvalue weighted by Crippen LogP contribution is -2.15. The van der Waals surface area contributed by atoms with Crippen molar-refractivity contribution < 1.29 is 4.79 Å². The van der Waals surface area contributed by atoms with Crippen LogP contribution in [-0.4, -0.2) is 26.1 Å². The van der Waals surface area contributed by atoms with Gasteiger partial charge in [-0.15, -0.1) is 5.10 Å². The molecule has 1 aromatic carbocycles. The zero-order valence-corrected chi connectivity index (χ0v) is 10.3. The first kappa shape index (κ1) is 12.0. The van der Waals surface area contributed by atoms with Crippen molar-refractivity contribution in [3.8, 4) is 0 Å². The first-order chi connectivity index (χ1) is 9.74. The van der Waals surface area contributed by atoms with Crippen LogP contribution >= 0.6 is 0 Å². The number of amides is 1. The standard InChI is InChI=1S/C13H10N6O/c14-11-7-9(8-3-1-2-4-10(8)17-11)12(20)18-13-15-5-6-16-19-13/h1-7H,(H2,14,17)(H,15,18,19,20). The fraction of sp³-hybridized carbons (Fsp3) is 0. The Morgan fingerprint density at radius 2 is 2.05 bits per heavy atom. The van der Waals surface area contributed by atoms with Crippen molar-refractivity contribution in [2.24, 2.45) is 0 Å². The molecule has 98 valence electrons. The van der Waals surface area contributed by atoms with Gasteiger partial charge in [0.05, 0.1) is 23.5 Å². The van der Waals surface area contributed by atoms with Gasteiger partial charge in [-0.2, -0.15) is 5.10 Å².